The van der Waals surface area contributed by atoms with Crippen LogP contribution in [0.1, 0.15) is 55.8 Å². The van der Waals surface area contributed by atoms with Gasteiger partial charge in [0.25, 0.3) is 5.91 Å². The Morgan fingerprint density at radius 2 is 1.76 bits per heavy atom. The first-order valence-electron chi connectivity index (χ1n) is 11.6. The minimum Gasteiger partial charge on any atom is -0.490 e. The zero-order chi connectivity index (χ0) is 20.2. The van der Waals surface area contributed by atoms with Crippen molar-refractivity contribution in [2.45, 2.75) is 57.6 Å². The average Bonchev–Trinajstić information content (AvgIpc) is 2.75. The second-order valence-electron chi connectivity index (χ2n) is 9.41. The Labute approximate surface area is 176 Å². The Kier molecular flexibility index (Phi) is 6.76. The van der Waals surface area contributed by atoms with Crippen molar-refractivity contribution in [2.24, 2.45) is 5.92 Å². The molecule has 0 unspecified atom stereocenters. The monoisotopic (exact) mass is 399 g/mol. The van der Waals surface area contributed by atoms with Crippen LogP contribution in [0.2, 0.25) is 0 Å². The molecule has 3 heterocycles. The molecule has 5 nitrogen and oxygen atoms in total. The summed E-state index contributed by atoms with van der Waals surface area (Å²) in [5.74, 6) is 1.60. The van der Waals surface area contributed by atoms with Gasteiger partial charge < -0.3 is 19.4 Å². The summed E-state index contributed by atoms with van der Waals surface area (Å²) in [6, 6.07) is 8.59. The number of piperidine rings is 3. The SMILES string of the molecule is C[C@@H]1CCCN(C(=O)c2cccc(OC3CCN(C4CCN(C)CC4)CC3)c2)C1. The second-order valence-corrected chi connectivity index (χ2v) is 9.41. The van der Waals surface area contributed by atoms with Crippen molar-refractivity contribution in [3.05, 3.63) is 29.8 Å². The van der Waals surface area contributed by atoms with Gasteiger partial charge in [-0.25, -0.2) is 0 Å². The van der Waals surface area contributed by atoms with Crippen LogP contribution in [0.15, 0.2) is 24.3 Å². The van der Waals surface area contributed by atoms with E-state index in [2.05, 4.69) is 23.8 Å². The van der Waals surface area contributed by atoms with Crippen LogP contribution < -0.4 is 4.74 Å². The molecule has 0 aliphatic carbocycles. The quantitative estimate of drug-likeness (QED) is 0.776. The molecule has 3 aliphatic rings. The maximum Gasteiger partial charge on any atom is 0.253 e. The highest BCUT2D eigenvalue weighted by atomic mass is 16.5. The highest BCUT2D eigenvalue weighted by Crippen LogP contribution is 2.25. The first-order valence-corrected chi connectivity index (χ1v) is 11.6. The molecule has 160 valence electrons. The van der Waals surface area contributed by atoms with Crippen LogP contribution >= 0.6 is 0 Å². The third-order valence-electron chi connectivity index (χ3n) is 7.01. The van der Waals surface area contributed by atoms with Gasteiger partial charge in [-0.05, 0) is 82.8 Å². The third-order valence-corrected chi connectivity index (χ3v) is 7.01. The minimum atomic E-state index is 0.152. The number of carbonyl (C=O) groups is 1. The lowest BCUT2D eigenvalue weighted by Gasteiger charge is -2.41. The van der Waals surface area contributed by atoms with Gasteiger partial charge in [0.1, 0.15) is 11.9 Å². The molecule has 0 spiro atoms. The summed E-state index contributed by atoms with van der Waals surface area (Å²) in [6.45, 7) is 8.68. The summed E-state index contributed by atoms with van der Waals surface area (Å²) >= 11 is 0. The molecule has 3 aliphatic heterocycles. The number of nitrogens with zero attached hydrogens (tertiary/aromatic N) is 3. The number of carbonyl (C=O) groups excluding carboxylic acids is 1. The van der Waals surface area contributed by atoms with Gasteiger partial charge in [0.2, 0.25) is 0 Å². The molecule has 0 aromatic heterocycles. The molecule has 0 N–H and O–H groups in total. The Balaban J connectivity index is 1.29. The van der Waals surface area contributed by atoms with Crippen molar-refractivity contribution < 1.29 is 9.53 Å². The van der Waals surface area contributed by atoms with Crippen LogP contribution in [0.4, 0.5) is 0 Å². The molecule has 1 atom stereocenters. The molecule has 0 radical (unpaired) electrons. The molecule has 1 aromatic rings. The van der Waals surface area contributed by atoms with E-state index in [1.54, 1.807) is 0 Å². The van der Waals surface area contributed by atoms with Gasteiger partial charge in [-0.1, -0.05) is 13.0 Å². The number of rotatable bonds is 4. The fourth-order valence-corrected chi connectivity index (χ4v) is 5.17. The zero-order valence-electron chi connectivity index (χ0n) is 18.2. The molecule has 5 heteroatoms. The Morgan fingerprint density at radius 1 is 1.00 bits per heavy atom. The molecule has 3 saturated heterocycles. The molecule has 4 rings (SSSR count). The zero-order valence-corrected chi connectivity index (χ0v) is 18.2. The number of hydrogen-bond acceptors (Lipinski definition) is 4. The van der Waals surface area contributed by atoms with E-state index in [0.717, 1.165) is 62.8 Å². The minimum absolute atomic E-state index is 0.152. The normalized spacial score (nSPS) is 25.9. The van der Waals surface area contributed by atoms with Gasteiger partial charge in [-0.3, -0.25) is 4.79 Å². The summed E-state index contributed by atoms with van der Waals surface area (Å²) in [6.07, 6.45) is 7.34. The van der Waals surface area contributed by atoms with Crippen LogP contribution in [0, 0.1) is 5.92 Å². The third kappa shape index (κ3) is 5.32. The number of amides is 1. The van der Waals surface area contributed by atoms with E-state index in [0.29, 0.717) is 5.92 Å². The van der Waals surface area contributed by atoms with Crippen LogP contribution in [0.25, 0.3) is 0 Å². The Bertz CT molecular complexity index is 678. The number of ether oxygens (including phenoxy) is 1. The smallest absolute Gasteiger partial charge is 0.253 e. The van der Waals surface area contributed by atoms with Gasteiger partial charge in [-0.15, -0.1) is 0 Å². The van der Waals surface area contributed by atoms with E-state index in [-0.39, 0.29) is 12.0 Å². The maximum atomic E-state index is 12.9. The fraction of sp³-hybridized carbons (Fsp3) is 0.708. The van der Waals surface area contributed by atoms with Gasteiger partial charge in [-0.2, -0.15) is 0 Å². The van der Waals surface area contributed by atoms with E-state index in [1.165, 1.54) is 32.4 Å². The van der Waals surface area contributed by atoms with Crippen LogP contribution in [0.5, 0.6) is 5.75 Å². The van der Waals surface area contributed by atoms with Gasteiger partial charge >= 0.3 is 0 Å². The fourth-order valence-electron chi connectivity index (χ4n) is 5.17. The maximum absolute atomic E-state index is 12.9. The Hall–Kier alpha value is -1.59. The highest BCUT2D eigenvalue weighted by Gasteiger charge is 2.28. The summed E-state index contributed by atoms with van der Waals surface area (Å²) in [5, 5.41) is 0. The largest absolute Gasteiger partial charge is 0.490 e. The molecule has 3 fully saturated rings. The van der Waals surface area contributed by atoms with Crippen molar-refractivity contribution in [3.8, 4) is 5.75 Å². The molecule has 0 saturated carbocycles. The first kappa shape index (κ1) is 20.7. The first-order chi connectivity index (χ1) is 14.1. The standard InChI is InChI=1S/C24H37N3O2/c1-19-5-4-12-27(18-19)24(28)20-6-3-7-23(17-20)29-22-10-15-26(16-11-22)21-8-13-25(2)14-9-21/h3,6-7,17,19,21-22H,4-5,8-16,18H2,1-2H3/t19-/m1/s1. The van der Waals surface area contributed by atoms with Gasteiger partial charge in [0, 0.05) is 37.8 Å². The predicted octanol–water partition coefficient (Wildman–Crippen LogP) is 3.50. The molecular formula is C24H37N3O2. The van der Waals surface area contributed by atoms with E-state index in [9.17, 15) is 4.79 Å². The van der Waals surface area contributed by atoms with Gasteiger partial charge in [0.05, 0.1) is 0 Å². The summed E-state index contributed by atoms with van der Waals surface area (Å²) < 4.78 is 6.30. The molecular weight excluding hydrogens is 362 g/mol. The van der Waals surface area contributed by atoms with Gasteiger partial charge in [0.15, 0.2) is 0 Å². The molecule has 29 heavy (non-hydrogen) atoms. The highest BCUT2D eigenvalue weighted by molar-refractivity contribution is 5.94. The average molecular weight is 400 g/mol. The van der Waals surface area contributed by atoms with Crippen molar-refractivity contribution in [1.82, 2.24) is 14.7 Å². The summed E-state index contributed by atoms with van der Waals surface area (Å²) in [5.41, 5.74) is 0.764. The lowest BCUT2D eigenvalue weighted by Crippen LogP contribution is -2.48. The summed E-state index contributed by atoms with van der Waals surface area (Å²) in [4.78, 5) is 20.0. The van der Waals surface area contributed by atoms with Crippen molar-refractivity contribution >= 4 is 5.91 Å². The number of likely N-dealkylation sites (tertiary alicyclic amines) is 3. The Morgan fingerprint density at radius 3 is 2.48 bits per heavy atom. The molecule has 1 amide bonds. The van der Waals surface area contributed by atoms with E-state index >= 15 is 0 Å². The molecule has 1 aromatic carbocycles. The predicted molar refractivity (Wildman–Crippen MR) is 116 cm³/mol. The van der Waals surface area contributed by atoms with Crippen molar-refractivity contribution in [1.29, 1.82) is 0 Å². The molecule has 0 bridgehead atoms. The van der Waals surface area contributed by atoms with Crippen LogP contribution in [-0.2, 0) is 0 Å². The number of benzene rings is 1. The lowest BCUT2D eigenvalue weighted by atomic mass is 9.99. The van der Waals surface area contributed by atoms with E-state index in [4.69, 9.17) is 4.74 Å². The lowest BCUT2D eigenvalue weighted by molar-refractivity contribution is 0.0523. The topological polar surface area (TPSA) is 36.0 Å². The van der Waals surface area contributed by atoms with E-state index < -0.39 is 0 Å². The van der Waals surface area contributed by atoms with E-state index in [1.807, 2.05) is 29.2 Å². The second kappa shape index (κ2) is 9.48. The number of hydrogen-bond donors (Lipinski definition) is 0. The van der Waals surface area contributed by atoms with Crippen molar-refractivity contribution in [2.75, 3.05) is 46.3 Å². The summed E-state index contributed by atoms with van der Waals surface area (Å²) in [7, 11) is 2.22. The van der Waals surface area contributed by atoms with Crippen LogP contribution in [-0.4, -0.2) is 79.1 Å². The van der Waals surface area contributed by atoms with Crippen LogP contribution in [0.3, 0.4) is 0 Å². The van der Waals surface area contributed by atoms with Crippen molar-refractivity contribution in [3.63, 3.8) is 0 Å².